The lowest BCUT2D eigenvalue weighted by Gasteiger charge is -2.17. The van der Waals surface area contributed by atoms with Crippen LogP contribution in [0.25, 0.3) is 0 Å². The van der Waals surface area contributed by atoms with Crippen LogP contribution in [-0.2, 0) is 23.9 Å². The second-order valence-corrected chi connectivity index (χ2v) is 12.4. The molecule has 5 atom stereocenters. The highest BCUT2D eigenvalue weighted by molar-refractivity contribution is 5.86. The molecule has 0 aromatic carbocycles. The summed E-state index contributed by atoms with van der Waals surface area (Å²) >= 11 is 0. The number of rotatable bonds is 27. The third-order valence-corrected chi connectivity index (χ3v) is 8.32. The number of aliphatic hydroxyl groups excluding tert-OH is 3. The molecule has 0 saturated heterocycles. The fourth-order valence-corrected chi connectivity index (χ4v) is 5.54. The van der Waals surface area contributed by atoms with Crippen LogP contribution in [-0.4, -0.2) is 64.6 Å². The van der Waals surface area contributed by atoms with Gasteiger partial charge in [0.05, 0.1) is 12.2 Å². The molecule has 1 aliphatic carbocycles. The quantitative estimate of drug-likeness (QED) is 0.0511. The average Bonchev–Trinajstić information content (AvgIpc) is 3.27. The van der Waals surface area contributed by atoms with Gasteiger partial charge < -0.3 is 24.8 Å². The molecule has 0 bridgehead atoms. The van der Waals surface area contributed by atoms with E-state index in [0.29, 0.717) is 32.1 Å². The van der Waals surface area contributed by atoms with Crippen LogP contribution in [0.3, 0.4) is 0 Å². The standard InChI is InChI=1S/C36H62O8/c1-3-5-7-8-9-10-11-12-13-18-22-35(41)43-27-30(38)28-44-36(42)23-19-15-14-17-21-31-32(34(40)26-33(31)39)25-24-29(37)20-16-6-4-2/h14,17,24-25,29-33,37-39H,3-13,15-16,18-23,26-28H2,1-2H3/b17-14-,25-24+/t29-,30-,31+,32+,33-/m0/s1. The lowest BCUT2D eigenvalue weighted by atomic mass is 9.90. The van der Waals surface area contributed by atoms with Crippen molar-refractivity contribution in [3.63, 3.8) is 0 Å². The molecule has 1 fully saturated rings. The molecular weight excluding hydrogens is 560 g/mol. The van der Waals surface area contributed by atoms with Gasteiger partial charge in [0.25, 0.3) is 0 Å². The molecule has 3 N–H and O–H groups in total. The summed E-state index contributed by atoms with van der Waals surface area (Å²) in [6.45, 7) is 3.94. The number of Topliss-reactive ketones (excluding diaryl/α,β-unsaturated/α-hetero) is 1. The molecule has 0 heterocycles. The van der Waals surface area contributed by atoms with Crippen LogP contribution in [0.5, 0.6) is 0 Å². The third-order valence-electron chi connectivity index (χ3n) is 8.32. The molecule has 0 aromatic heterocycles. The predicted octanol–water partition coefficient (Wildman–Crippen LogP) is 6.92. The molecule has 0 radical (unpaired) electrons. The van der Waals surface area contributed by atoms with Gasteiger partial charge >= 0.3 is 11.9 Å². The monoisotopic (exact) mass is 622 g/mol. The predicted molar refractivity (Wildman–Crippen MR) is 174 cm³/mol. The Bertz CT molecular complexity index is 823. The first-order chi connectivity index (χ1) is 21.3. The van der Waals surface area contributed by atoms with E-state index in [4.69, 9.17) is 9.47 Å². The van der Waals surface area contributed by atoms with E-state index in [0.717, 1.165) is 38.5 Å². The number of esters is 2. The molecular formula is C36H62O8. The van der Waals surface area contributed by atoms with Gasteiger partial charge in [-0.15, -0.1) is 0 Å². The molecule has 1 saturated carbocycles. The Hall–Kier alpha value is -2.03. The van der Waals surface area contributed by atoms with Crippen LogP contribution in [0.2, 0.25) is 0 Å². The van der Waals surface area contributed by atoms with Crippen LogP contribution in [0.4, 0.5) is 0 Å². The Labute approximate surface area is 266 Å². The van der Waals surface area contributed by atoms with Crippen molar-refractivity contribution in [1.29, 1.82) is 0 Å². The fraction of sp³-hybridized carbons (Fsp3) is 0.806. The Morgan fingerprint density at radius 1 is 0.795 bits per heavy atom. The van der Waals surface area contributed by atoms with Gasteiger partial charge in [-0.2, -0.15) is 0 Å². The van der Waals surface area contributed by atoms with Gasteiger partial charge in [0.15, 0.2) is 0 Å². The lowest BCUT2D eigenvalue weighted by molar-refractivity contribution is -0.152. The maximum absolute atomic E-state index is 12.4. The molecule has 0 amide bonds. The molecule has 1 rings (SSSR count). The minimum Gasteiger partial charge on any atom is -0.463 e. The first kappa shape index (κ1) is 40.0. The van der Waals surface area contributed by atoms with Crippen molar-refractivity contribution in [1.82, 2.24) is 0 Å². The molecule has 8 nitrogen and oxygen atoms in total. The number of hydrogen-bond acceptors (Lipinski definition) is 8. The van der Waals surface area contributed by atoms with Gasteiger partial charge in [0.1, 0.15) is 25.1 Å². The minimum absolute atomic E-state index is 0.00157. The van der Waals surface area contributed by atoms with E-state index >= 15 is 0 Å². The summed E-state index contributed by atoms with van der Waals surface area (Å²) in [7, 11) is 0. The van der Waals surface area contributed by atoms with Crippen LogP contribution >= 0.6 is 0 Å². The second kappa shape index (κ2) is 26.2. The zero-order valence-corrected chi connectivity index (χ0v) is 27.6. The zero-order valence-electron chi connectivity index (χ0n) is 27.6. The molecule has 254 valence electrons. The van der Waals surface area contributed by atoms with Gasteiger partial charge in [-0.25, -0.2) is 0 Å². The SMILES string of the molecule is CCCCCCCCCCCCC(=O)OC[C@H](O)COC(=O)CCC/C=C\C[C@H]1[C@@H](O)CC(=O)[C@@H]1/C=C/[C@@H](O)CCCCC. The molecule has 0 aromatic rings. The van der Waals surface area contributed by atoms with Crippen molar-refractivity contribution in [3.8, 4) is 0 Å². The summed E-state index contributed by atoms with van der Waals surface area (Å²) < 4.78 is 10.2. The van der Waals surface area contributed by atoms with Crippen molar-refractivity contribution in [2.75, 3.05) is 13.2 Å². The van der Waals surface area contributed by atoms with E-state index in [1.807, 2.05) is 12.2 Å². The summed E-state index contributed by atoms with van der Waals surface area (Å²) in [6.07, 6.45) is 23.1. The Morgan fingerprint density at radius 3 is 1.95 bits per heavy atom. The smallest absolute Gasteiger partial charge is 0.305 e. The Balaban J connectivity index is 2.12. The average molecular weight is 623 g/mol. The summed E-state index contributed by atoms with van der Waals surface area (Å²) in [5.41, 5.74) is 0. The van der Waals surface area contributed by atoms with Gasteiger partial charge in [0.2, 0.25) is 0 Å². The highest BCUT2D eigenvalue weighted by Gasteiger charge is 2.39. The normalized spacial score (nSPS) is 20.0. The number of ketones is 1. The first-order valence-electron chi connectivity index (χ1n) is 17.5. The van der Waals surface area contributed by atoms with Crippen molar-refractivity contribution in [2.24, 2.45) is 11.8 Å². The van der Waals surface area contributed by atoms with Gasteiger partial charge in [-0.3, -0.25) is 14.4 Å². The van der Waals surface area contributed by atoms with Gasteiger partial charge in [-0.1, -0.05) is 115 Å². The number of carbonyl (C=O) groups is 3. The van der Waals surface area contributed by atoms with Gasteiger partial charge in [0, 0.05) is 31.1 Å². The third kappa shape index (κ3) is 20.1. The lowest BCUT2D eigenvalue weighted by Crippen LogP contribution is -2.25. The highest BCUT2D eigenvalue weighted by Crippen LogP contribution is 2.33. The number of unbranched alkanes of at least 4 members (excludes halogenated alkanes) is 12. The number of aliphatic hydroxyl groups is 3. The molecule has 1 aliphatic rings. The molecule has 0 aliphatic heterocycles. The fourth-order valence-electron chi connectivity index (χ4n) is 5.54. The molecule has 0 spiro atoms. The maximum Gasteiger partial charge on any atom is 0.305 e. The summed E-state index contributed by atoms with van der Waals surface area (Å²) in [4.78, 5) is 36.3. The Kier molecular flexibility index (Phi) is 23.8. The largest absolute Gasteiger partial charge is 0.463 e. The molecule has 8 heteroatoms. The summed E-state index contributed by atoms with van der Waals surface area (Å²) in [6, 6.07) is 0. The van der Waals surface area contributed by atoms with E-state index in [-0.39, 0.29) is 43.7 Å². The summed E-state index contributed by atoms with van der Waals surface area (Å²) in [5.74, 6) is -1.36. The number of ether oxygens (including phenoxy) is 2. The zero-order chi connectivity index (χ0) is 32.4. The van der Waals surface area contributed by atoms with E-state index in [2.05, 4.69) is 13.8 Å². The van der Waals surface area contributed by atoms with Crippen molar-refractivity contribution >= 4 is 17.7 Å². The summed E-state index contributed by atoms with van der Waals surface area (Å²) in [5, 5.41) is 30.5. The number of allylic oxidation sites excluding steroid dienone is 3. The van der Waals surface area contributed by atoms with Crippen LogP contribution in [0.15, 0.2) is 24.3 Å². The van der Waals surface area contributed by atoms with Gasteiger partial charge in [-0.05, 0) is 32.1 Å². The minimum atomic E-state index is -1.05. The van der Waals surface area contributed by atoms with Crippen molar-refractivity contribution in [2.45, 2.75) is 161 Å². The van der Waals surface area contributed by atoms with Crippen LogP contribution in [0.1, 0.15) is 142 Å². The van der Waals surface area contributed by atoms with E-state index < -0.39 is 30.2 Å². The molecule has 0 unspecified atom stereocenters. The second-order valence-electron chi connectivity index (χ2n) is 12.4. The first-order valence-corrected chi connectivity index (χ1v) is 17.5. The number of hydrogen-bond donors (Lipinski definition) is 3. The van der Waals surface area contributed by atoms with E-state index in [1.165, 1.54) is 44.9 Å². The van der Waals surface area contributed by atoms with Crippen LogP contribution in [0, 0.1) is 11.8 Å². The van der Waals surface area contributed by atoms with E-state index in [1.54, 1.807) is 12.2 Å². The Morgan fingerprint density at radius 2 is 1.34 bits per heavy atom. The maximum atomic E-state index is 12.4. The van der Waals surface area contributed by atoms with Crippen molar-refractivity contribution in [3.05, 3.63) is 24.3 Å². The topological polar surface area (TPSA) is 130 Å². The van der Waals surface area contributed by atoms with Crippen LogP contribution < -0.4 is 0 Å². The highest BCUT2D eigenvalue weighted by atomic mass is 16.6. The van der Waals surface area contributed by atoms with E-state index in [9.17, 15) is 29.7 Å². The molecule has 44 heavy (non-hydrogen) atoms. The van der Waals surface area contributed by atoms with Crippen molar-refractivity contribution < 1.29 is 39.2 Å². The number of carbonyl (C=O) groups excluding carboxylic acids is 3.